The zero-order valence-electron chi connectivity index (χ0n) is 13.4. The number of carbonyl (C=O) groups excluding carboxylic acids is 2. The van der Waals surface area contributed by atoms with E-state index in [1.165, 1.54) is 17.0 Å². The van der Waals surface area contributed by atoms with Crippen LogP contribution in [0.3, 0.4) is 0 Å². The summed E-state index contributed by atoms with van der Waals surface area (Å²) >= 11 is 0. The molecule has 1 unspecified atom stereocenters. The van der Waals surface area contributed by atoms with Gasteiger partial charge in [0.05, 0.1) is 17.2 Å². The van der Waals surface area contributed by atoms with Crippen molar-refractivity contribution < 1.29 is 26.9 Å². The van der Waals surface area contributed by atoms with Gasteiger partial charge in [-0.2, -0.15) is 13.2 Å². The van der Waals surface area contributed by atoms with Crippen LogP contribution < -0.4 is 5.32 Å². The molecule has 1 aliphatic rings. The molecule has 1 aromatic rings. The van der Waals surface area contributed by atoms with E-state index >= 15 is 0 Å². The smallest absolute Gasteiger partial charge is 0.392 e. The monoisotopic (exact) mass is 364 g/mol. The lowest BCUT2D eigenvalue weighted by Crippen LogP contribution is -2.32. The van der Waals surface area contributed by atoms with Gasteiger partial charge in [-0.25, -0.2) is 4.79 Å². The van der Waals surface area contributed by atoms with Crippen molar-refractivity contribution in [3.05, 3.63) is 29.8 Å². The number of carbonyl (C=O) groups is 2. The normalized spacial score (nSPS) is 23.3. The topological polar surface area (TPSA) is 58.6 Å². The fraction of sp³-hybridized carbons (Fsp3) is 0.467. The SMILES string of the molecule is CCN(CC)C(=O)OS1(c2cccc(C(F)(F)F)c2)CNC(=O)C1. The van der Waals surface area contributed by atoms with Crippen molar-refractivity contribution in [2.24, 2.45) is 0 Å². The molecule has 0 spiro atoms. The number of hydrogen-bond acceptors (Lipinski definition) is 3. The molecule has 5 nitrogen and oxygen atoms in total. The van der Waals surface area contributed by atoms with Gasteiger partial charge in [-0.1, -0.05) is 6.07 Å². The third-order valence-electron chi connectivity index (χ3n) is 3.71. The Morgan fingerprint density at radius 3 is 2.50 bits per heavy atom. The maximum Gasteiger partial charge on any atom is 0.420 e. The number of nitrogens with zero attached hydrogens (tertiary/aromatic N) is 1. The van der Waals surface area contributed by atoms with Gasteiger partial charge in [0.25, 0.3) is 0 Å². The lowest BCUT2D eigenvalue weighted by molar-refractivity contribution is -0.137. The third-order valence-corrected chi connectivity index (χ3v) is 6.62. The molecule has 2 rings (SSSR count). The van der Waals surface area contributed by atoms with E-state index < -0.39 is 28.1 Å². The lowest BCUT2D eigenvalue weighted by Gasteiger charge is -2.35. The molecule has 2 amide bonds. The van der Waals surface area contributed by atoms with Crippen molar-refractivity contribution in [1.82, 2.24) is 10.2 Å². The van der Waals surface area contributed by atoms with E-state index in [-0.39, 0.29) is 22.4 Å². The highest BCUT2D eigenvalue weighted by molar-refractivity contribution is 8.31. The summed E-state index contributed by atoms with van der Waals surface area (Å²) in [6, 6.07) is 4.65. The summed E-state index contributed by atoms with van der Waals surface area (Å²) < 4.78 is 44.5. The van der Waals surface area contributed by atoms with Gasteiger partial charge in [-0.05, 0) is 42.4 Å². The minimum atomic E-state index is -4.50. The van der Waals surface area contributed by atoms with Gasteiger partial charge in [0.2, 0.25) is 5.91 Å². The average Bonchev–Trinajstić information content (AvgIpc) is 2.90. The highest BCUT2D eigenvalue weighted by Crippen LogP contribution is 2.59. The molecule has 9 heteroatoms. The second-order valence-electron chi connectivity index (χ2n) is 5.25. The van der Waals surface area contributed by atoms with Gasteiger partial charge in [0.15, 0.2) is 0 Å². The minimum absolute atomic E-state index is 0.0279. The van der Waals surface area contributed by atoms with Crippen molar-refractivity contribution in [2.75, 3.05) is 24.7 Å². The van der Waals surface area contributed by atoms with Crippen LogP contribution in [-0.2, 0) is 15.2 Å². The van der Waals surface area contributed by atoms with E-state index in [1.807, 2.05) is 0 Å². The Morgan fingerprint density at radius 1 is 1.33 bits per heavy atom. The largest absolute Gasteiger partial charge is 0.420 e. The molecule has 1 aromatic carbocycles. The summed E-state index contributed by atoms with van der Waals surface area (Å²) in [4.78, 5) is 25.6. The van der Waals surface area contributed by atoms with E-state index in [9.17, 15) is 22.8 Å². The predicted molar refractivity (Wildman–Crippen MR) is 84.6 cm³/mol. The van der Waals surface area contributed by atoms with E-state index in [0.29, 0.717) is 13.1 Å². The summed E-state index contributed by atoms with van der Waals surface area (Å²) in [6.45, 7) is 4.37. The lowest BCUT2D eigenvalue weighted by atomic mass is 10.2. The van der Waals surface area contributed by atoms with Crippen molar-refractivity contribution in [1.29, 1.82) is 0 Å². The number of hydrogen-bond donors (Lipinski definition) is 1. The molecule has 0 aromatic heterocycles. The molecule has 1 saturated heterocycles. The summed E-state index contributed by atoms with van der Waals surface area (Å²) in [6.07, 6.45) is -5.13. The third kappa shape index (κ3) is 3.77. The van der Waals surface area contributed by atoms with E-state index in [1.54, 1.807) is 13.8 Å². The zero-order chi connectivity index (χ0) is 18.0. The van der Waals surface area contributed by atoms with Crippen LogP contribution in [0.25, 0.3) is 0 Å². The van der Waals surface area contributed by atoms with Crippen molar-refractivity contribution in [3.8, 4) is 0 Å². The Kier molecular flexibility index (Phi) is 5.32. The fourth-order valence-electron chi connectivity index (χ4n) is 2.36. The van der Waals surface area contributed by atoms with Gasteiger partial charge in [-0.15, -0.1) is 0 Å². The van der Waals surface area contributed by atoms with E-state index in [4.69, 9.17) is 4.18 Å². The van der Waals surface area contributed by atoms with Crippen LogP contribution in [0, 0.1) is 0 Å². The van der Waals surface area contributed by atoms with Crippen LogP contribution in [-0.4, -0.2) is 41.6 Å². The molecule has 1 heterocycles. The molecule has 134 valence electrons. The van der Waals surface area contributed by atoms with Crippen molar-refractivity contribution in [2.45, 2.75) is 24.9 Å². The molecule has 0 radical (unpaired) electrons. The van der Waals surface area contributed by atoms with E-state index in [2.05, 4.69) is 5.32 Å². The second-order valence-corrected chi connectivity index (χ2v) is 8.09. The van der Waals surface area contributed by atoms with Crippen LogP contribution in [0.2, 0.25) is 0 Å². The number of alkyl halides is 3. The molecular weight excluding hydrogens is 345 g/mol. The summed E-state index contributed by atoms with van der Waals surface area (Å²) in [7, 11) is -2.49. The quantitative estimate of drug-likeness (QED) is 0.891. The molecule has 24 heavy (non-hydrogen) atoms. The van der Waals surface area contributed by atoms with Gasteiger partial charge in [0, 0.05) is 18.0 Å². The first-order valence-corrected chi connectivity index (χ1v) is 9.32. The standard InChI is InChI=1S/C15H19F3N2O3S/c1-3-20(4-2)14(22)23-24(9-13(21)19-10-24)12-7-5-6-11(8-12)15(16,17)18/h5-8H,3-4,9-10H2,1-2H3,(H,19,21). The molecule has 1 aliphatic heterocycles. The van der Waals surface area contributed by atoms with Crippen molar-refractivity contribution >= 4 is 22.3 Å². The molecular formula is C15H19F3N2O3S. The van der Waals surface area contributed by atoms with Crippen LogP contribution in [0.4, 0.5) is 18.0 Å². The Balaban J connectivity index is 2.39. The van der Waals surface area contributed by atoms with Gasteiger partial charge in [-0.3, -0.25) is 4.79 Å². The minimum Gasteiger partial charge on any atom is -0.392 e. The maximum absolute atomic E-state index is 13.0. The number of nitrogens with one attached hydrogen (secondary N) is 1. The maximum atomic E-state index is 13.0. The van der Waals surface area contributed by atoms with Gasteiger partial charge >= 0.3 is 12.3 Å². The zero-order valence-corrected chi connectivity index (χ0v) is 14.2. The molecule has 0 saturated carbocycles. The highest BCUT2D eigenvalue weighted by Gasteiger charge is 2.41. The summed E-state index contributed by atoms with van der Waals surface area (Å²) in [5, 5.41) is 2.57. The Labute approximate surface area is 139 Å². The predicted octanol–water partition coefficient (Wildman–Crippen LogP) is 3.35. The molecule has 1 N–H and O–H groups in total. The fourth-order valence-corrected chi connectivity index (χ4v) is 4.98. The summed E-state index contributed by atoms with van der Waals surface area (Å²) in [5.74, 6) is -0.434. The number of benzene rings is 1. The van der Waals surface area contributed by atoms with E-state index in [0.717, 1.165) is 12.1 Å². The summed E-state index contributed by atoms with van der Waals surface area (Å²) in [5.41, 5.74) is -0.829. The molecule has 1 fully saturated rings. The van der Waals surface area contributed by atoms with Gasteiger partial charge in [0.1, 0.15) is 0 Å². The van der Waals surface area contributed by atoms with Crippen LogP contribution >= 0.6 is 10.3 Å². The number of rotatable bonds is 4. The van der Waals surface area contributed by atoms with Crippen LogP contribution in [0.5, 0.6) is 0 Å². The number of halogens is 3. The van der Waals surface area contributed by atoms with Crippen LogP contribution in [0.1, 0.15) is 19.4 Å². The Bertz CT molecular complexity index is 635. The highest BCUT2D eigenvalue weighted by atomic mass is 32.3. The first kappa shape index (κ1) is 18.4. The second kappa shape index (κ2) is 6.92. The average molecular weight is 364 g/mol. The molecule has 0 bridgehead atoms. The van der Waals surface area contributed by atoms with Crippen LogP contribution in [0.15, 0.2) is 29.2 Å². The first-order chi connectivity index (χ1) is 11.2. The first-order valence-electron chi connectivity index (χ1n) is 7.43. The Morgan fingerprint density at radius 2 is 2.00 bits per heavy atom. The molecule has 1 atom stereocenters. The molecule has 0 aliphatic carbocycles. The number of amides is 2. The van der Waals surface area contributed by atoms with Gasteiger partial charge < -0.3 is 14.4 Å². The van der Waals surface area contributed by atoms with Crippen molar-refractivity contribution in [3.63, 3.8) is 0 Å². The Hall–Kier alpha value is -1.90.